The predicted molar refractivity (Wildman–Crippen MR) is 71.0 cm³/mol. The van der Waals surface area contributed by atoms with Gasteiger partial charge in [-0.3, -0.25) is 10.2 Å². The summed E-state index contributed by atoms with van der Waals surface area (Å²) in [7, 11) is 0. The van der Waals surface area contributed by atoms with E-state index >= 15 is 0 Å². The zero-order valence-corrected chi connectivity index (χ0v) is 10.6. The number of imidazole rings is 1. The van der Waals surface area contributed by atoms with Gasteiger partial charge < -0.3 is 15.1 Å². The first-order chi connectivity index (χ1) is 9.51. The van der Waals surface area contributed by atoms with Gasteiger partial charge in [0.25, 0.3) is 5.91 Å². The van der Waals surface area contributed by atoms with Crippen LogP contribution in [0.1, 0.15) is 34.8 Å². The van der Waals surface area contributed by atoms with Gasteiger partial charge in [-0.1, -0.05) is 0 Å². The van der Waals surface area contributed by atoms with E-state index < -0.39 is 5.91 Å². The Balaban J connectivity index is 2.22. The number of H-pyrrole nitrogens is 1. The summed E-state index contributed by atoms with van der Waals surface area (Å²) in [6.07, 6.45) is 3.00. The van der Waals surface area contributed by atoms with E-state index in [1.54, 1.807) is 13.0 Å². The second kappa shape index (κ2) is 5.24. The fourth-order valence-corrected chi connectivity index (χ4v) is 1.55. The molecule has 7 nitrogen and oxygen atoms in total. The highest BCUT2D eigenvalue weighted by molar-refractivity contribution is 6.08. The van der Waals surface area contributed by atoms with Crippen molar-refractivity contribution in [3.05, 3.63) is 47.4 Å². The third kappa shape index (κ3) is 2.64. The standard InChI is InChI=1S/C13H11N5O2/c1-7(10-6-17-13(18-10)12(16)19)4-9(15)11-3-2-8(5-14)20-11/h2-4,6,15H,1H3,(H2,16,19)(H,17,18)/b7-4-,15-9?. The number of amides is 1. The quantitative estimate of drug-likeness (QED) is 0.724. The molecule has 0 aliphatic rings. The number of rotatable bonds is 4. The summed E-state index contributed by atoms with van der Waals surface area (Å²) in [6.45, 7) is 1.75. The number of nitrogens with zero attached hydrogens (tertiary/aromatic N) is 2. The third-order valence-electron chi connectivity index (χ3n) is 2.58. The fourth-order valence-electron chi connectivity index (χ4n) is 1.55. The molecule has 0 aliphatic carbocycles. The van der Waals surface area contributed by atoms with Gasteiger partial charge >= 0.3 is 0 Å². The smallest absolute Gasteiger partial charge is 0.284 e. The van der Waals surface area contributed by atoms with Crippen molar-refractivity contribution in [1.82, 2.24) is 9.97 Å². The van der Waals surface area contributed by atoms with Gasteiger partial charge in [0.05, 0.1) is 17.6 Å². The number of primary amides is 1. The molecule has 2 heterocycles. The number of hydrogen-bond acceptors (Lipinski definition) is 5. The zero-order chi connectivity index (χ0) is 14.7. The molecule has 2 rings (SSSR count). The first-order valence-electron chi connectivity index (χ1n) is 5.63. The number of nitriles is 1. The van der Waals surface area contributed by atoms with Crippen molar-refractivity contribution >= 4 is 17.2 Å². The lowest BCUT2D eigenvalue weighted by Crippen LogP contribution is -2.12. The van der Waals surface area contributed by atoms with E-state index in [-0.39, 0.29) is 23.1 Å². The monoisotopic (exact) mass is 269 g/mol. The molecular formula is C13H11N5O2. The Morgan fingerprint density at radius 3 is 2.90 bits per heavy atom. The number of carbonyl (C=O) groups excluding carboxylic acids is 1. The first-order valence-corrected chi connectivity index (χ1v) is 5.63. The van der Waals surface area contributed by atoms with Crippen molar-refractivity contribution in [3.63, 3.8) is 0 Å². The van der Waals surface area contributed by atoms with Crippen LogP contribution in [0.3, 0.4) is 0 Å². The molecular weight excluding hydrogens is 258 g/mol. The number of aromatic nitrogens is 2. The van der Waals surface area contributed by atoms with Crippen molar-refractivity contribution in [1.29, 1.82) is 10.7 Å². The number of allylic oxidation sites excluding steroid dienone is 2. The van der Waals surface area contributed by atoms with Crippen molar-refractivity contribution in [2.45, 2.75) is 6.92 Å². The molecule has 2 aromatic heterocycles. The summed E-state index contributed by atoms with van der Waals surface area (Å²) in [6, 6.07) is 4.89. The van der Waals surface area contributed by atoms with Crippen molar-refractivity contribution < 1.29 is 9.21 Å². The summed E-state index contributed by atoms with van der Waals surface area (Å²) >= 11 is 0. The Bertz CT molecular complexity index is 745. The molecule has 7 heteroatoms. The number of furan rings is 1. The van der Waals surface area contributed by atoms with Gasteiger partial charge in [-0.05, 0) is 30.7 Å². The summed E-state index contributed by atoms with van der Waals surface area (Å²) in [5.41, 5.74) is 6.47. The molecule has 0 saturated carbocycles. The van der Waals surface area contributed by atoms with Gasteiger partial charge in [0.2, 0.25) is 5.76 Å². The number of carbonyl (C=O) groups is 1. The zero-order valence-electron chi connectivity index (χ0n) is 10.6. The molecule has 0 radical (unpaired) electrons. The van der Waals surface area contributed by atoms with Gasteiger partial charge in [0.1, 0.15) is 6.07 Å². The Morgan fingerprint density at radius 2 is 2.35 bits per heavy atom. The number of hydrogen-bond donors (Lipinski definition) is 3. The van der Waals surface area contributed by atoms with E-state index in [0.717, 1.165) is 0 Å². The minimum absolute atomic E-state index is 0.0593. The predicted octanol–water partition coefficient (Wildman–Crippen LogP) is 1.44. The van der Waals surface area contributed by atoms with Crippen LogP contribution in [-0.2, 0) is 0 Å². The highest BCUT2D eigenvalue weighted by Crippen LogP contribution is 2.14. The third-order valence-corrected chi connectivity index (χ3v) is 2.58. The van der Waals surface area contributed by atoms with Crippen LogP contribution in [-0.4, -0.2) is 21.6 Å². The average Bonchev–Trinajstić information content (AvgIpc) is 3.07. The Kier molecular flexibility index (Phi) is 3.48. The number of nitrogens with one attached hydrogen (secondary N) is 2. The van der Waals surface area contributed by atoms with Crippen LogP contribution in [0.15, 0.2) is 28.8 Å². The molecule has 100 valence electrons. The Hall–Kier alpha value is -3.14. The van der Waals surface area contributed by atoms with E-state index in [2.05, 4.69) is 9.97 Å². The summed E-state index contributed by atoms with van der Waals surface area (Å²) < 4.78 is 5.14. The van der Waals surface area contributed by atoms with Crippen LogP contribution in [0.5, 0.6) is 0 Å². The van der Waals surface area contributed by atoms with Crippen LogP contribution >= 0.6 is 0 Å². The molecule has 1 amide bonds. The maximum Gasteiger partial charge on any atom is 0.284 e. The van der Waals surface area contributed by atoms with E-state index in [4.69, 9.17) is 20.8 Å². The summed E-state index contributed by atoms with van der Waals surface area (Å²) in [4.78, 5) is 17.5. The average molecular weight is 269 g/mol. The normalized spacial score (nSPS) is 11.1. The minimum Gasteiger partial charge on any atom is -0.444 e. The van der Waals surface area contributed by atoms with Gasteiger partial charge in [-0.15, -0.1) is 0 Å². The van der Waals surface area contributed by atoms with Gasteiger partial charge in [0.15, 0.2) is 11.6 Å². The van der Waals surface area contributed by atoms with Crippen molar-refractivity contribution in [2.75, 3.05) is 0 Å². The molecule has 4 N–H and O–H groups in total. The lowest BCUT2D eigenvalue weighted by Gasteiger charge is -1.98. The fraction of sp³-hybridized carbons (Fsp3) is 0.0769. The molecule has 0 bridgehead atoms. The molecule has 0 spiro atoms. The molecule has 20 heavy (non-hydrogen) atoms. The molecule has 0 saturated heterocycles. The van der Waals surface area contributed by atoms with E-state index in [9.17, 15) is 4.79 Å². The van der Waals surface area contributed by atoms with Crippen LogP contribution in [0.25, 0.3) is 5.57 Å². The minimum atomic E-state index is -0.649. The van der Waals surface area contributed by atoms with Crippen LogP contribution in [0.2, 0.25) is 0 Å². The molecule has 0 aromatic carbocycles. The Morgan fingerprint density at radius 1 is 1.60 bits per heavy atom. The molecule has 0 fully saturated rings. The maximum atomic E-state index is 10.9. The van der Waals surface area contributed by atoms with Crippen LogP contribution in [0.4, 0.5) is 0 Å². The van der Waals surface area contributed by atoms with Crippen molar-refractivity contribution in [2.24, 2.45) is 5.73 Å². The molecule has 2 aromatic rings. The number of aromatic amines is 1. The lowest BCUT2D eigenvalue weighted by atomic mass is 10.1. The summed E-state index contributed by atoms with van der Waals surface area (Å²) in [5, 5.41) is 16.5. The molecule has 0 aliphatic heterocycles. The topological polar surface area (TPSA) is 133 Å². The largest absolute Gasteiger partial charge is 0.444 e. The van der Waals surface area contributed by atoms with E-state index in [1.807, 2.05) is 6.07 Å². The lowest BCUT2D eigenvalue weighted by molar-refractivity contribution is 0.0991. The second-order valence-corrected chi connectivity index (χ2v) is 4.03. The van der Waals surface area contributed by atoms with Crippen LogP contribution < -0.4 is 5.73 Å². The molecule has 0 atom stereocenters. The summed E-state index contributed by atoms with van der Waals surface area (Å²) in [5.74, 6) is -0.156. The first kappa shape index (κ1) is 13.3. The SMILES string of the molecule is C/C(=C/C(=N)c1ccc(C#N)o1)c1cnc(C(N)=O)[nH]1. The maximum absolute atomic E-state index is 10.9. The van der Waals surface area contributed by atoms with Crippen LogP contribution in [0, 0.1) is 16.7 Å². The Labute approximate surface area is 114 Å². The van der Waals surface area contributed by atoms with Gasteiger partial charge in [-0.25, -0.2) is 4.98 Å². The van der Waals surface area contributed by atoms with Gasteiger partial charge in [0, 0.05) is 0 Å². The molecule has 0 unspecified atom stereocenters. The highest BCUT2D eigenvalue weighted by atomic mass is 16.3. The van der Waals surface area contributed by atoms with E-state index in [1.165, 1.54) is 18.3 Å². The van der Waals surface area contributed by atoms with E-state index in [0.29, 0.717) is 11.3 Å². The highest BCUT2D eigenvalue weighted by Gasteiger charge is 2.09. The number of nitrogens with two attached hydrogens (primary N) is 1. The van der Waals surface area contributed by atoms with Gasteiger partial charge in [-0.2, -0.15) is 5.26 Å². The second-order valence-electron chi connectivity index (χ2n) is 4.03. The van der Waals surface area contributed by atoms with Crippen molar-refractivity contribution in [3.8, 4) is 6.07 Å².